The molecular weight excluding hydrogens is 1440 g/mol. The van der Waals surface area contributed by atoms with Crippen molar-refractivity contribution >= 4 is 0 Å². The van der Waals surface area contributed by atoms with E-state index in [-0.39, 0.29) is 0 Å². The van der Waals surface area contributed by atoms with Gasteiger partial charge in [0.25, 0.3) is 0 Å². The standard InChI is InChI=1S/C25H20.5C19H16/c1-19-9-5-6-12-23(19)25-14-8-7-13-24(25)22-17-15-21(16-18-22)20-10-3-2-4-11-20;1-15-18(16-9-4-2-5-10-16)13-8-14-19(15)17-11-6-3-7-12-17;1-15-12-18(16-8-4-2-5-9-16)14-19(13-15)17-10-6-3-7-11-17;1-15-12-13-18(16-8-4-2-5-9-16)14-19(15)17-10-6-3-7-11-17;1-15-8-5-6-13-19(15)18-12-7-11-17(14-18)16-9-3-2-4-10-16;1-15-10-12-17(13-11-15)19-9-5-8-18(14-19)16-6-3-2-4-7-16/h2-18H,1H3;5*2-14H,1H3. The van der Waals surface area contributed by atoms with Crippen LogP contribution in [0.15, 0.2) is 497 Å². The van der Waals surface area contributed by atoms with Crippen molar-refractivity contribution in [3.63, 3.8) is 0 Å². The summed E-state index contributed by atoms with van der Waals surface area (Å²) in [6.07, 6.45) is 0. The maximum Gasteiger partial charge on any atom is -0.0103 e. The van der Waals surface area contributed by atoms with Gasteiger partial charge < -0.3 is 0 Å². The van der Waals surface area contributed by atoms with Crippen LogP contribution in [-0.2, 0) is 0 Å². The molecular formula is C120H100. The second-order valence-electron chi connectivity index (χ2n) is 30.2. The van der Waals surface area contributed by atoms with Crippen LogP contribution >= 0.6 is 0 Å². The summed E-state index contributed by atoms with van der Waals surface area (Å²) in [5, 5.41) is 0. The molecule has 580 valence electrons. The summed E-state index contributed by atoms with van der Waals surface area (Å²) in [5.74, 6) is 0. The maximum atomic E-state index is 2.28. The van der Waals surface area contributed by atoms with E-state index in [0.717, 1.165) is 0 Å². The molecule has 0 unspecified atom stereocenters. The fourth-order valence-electron chi connectivity index (χ4n) is 15.2. The molecule has 0 atom stereocenters. The third-order valence-electron chi connectivity index (χ3n) is 21.7. The predicted octanol–water partition coefficient (Wildman–Crippen LogP) is 33.6. The lowest BCUT2D eigenvalue weighted by molar-refractivity contribution is 1.45. The molecule has 0 aliphatic rings. The molecule has 0 saturated heterocycles. The van der Waals surface area contributed by atoms with E-state index in [2.05, 4.69) is 533 Å². The molecule has 120 heavy (non-hydrogen) atoms. The van der Waals surface area contributed by atoms with Crippen LogP contribution in [0, 0.1) is 41.5 Å². The van der Waals surface area contributed by atoms with Crippen LogP contribution in [0.2, 0.25) is 0 Å². The van der Waals surface area contributed by atoms with E-state index in [9.17, 15) is 0 Å². The van der Waals surface area contributed by atoms with Gasteiger partial charge in [-0.05, 0) is 238 Å². The van der Waals surface area contributed by atoms with Gasteiger partial charge in [-0.1, -0.05) is 479 Å². The number of rotatable bonds is 13. The van der Waals surface area contributed by atoms with Crippen LogP contribution in [0.25, 0.3) is 145 Å². The largest absolute Gasteiger partial charge is 0.0622 e. The summed E-state index contributed by atoms with van der Waals surface area (Å²) in [6, 6.07) is 175. The summed E-state index contributed by atoms with van der Waals surface area (Å²) in [7, 11) is 0. The Morgan fingerprint density at radius 2 is 0.325 bits per heavy atom. The molecule has 19 rings (SSSR count). The van der Waals surface area contributed by atoms with Crippen LogP contribution in [0.4, 0.5) is 0 Å². The number of benzene rings is 19. The minimum Gasteiger partial charge on any atom is -0.0622 e. The molecule has 0 aliphatic carbocycles. The van der Waals surface area contributed by atoms with Gasteiger partial charge in [0.15, 0.2) is 0 Å². The third-order valence-corrected chi connectivity index (χ3v) is 21.7. The van der Waals surface area contributed by atoms with Crippen molar-refractivity contribution in [2.24, 2.45) is 0 Å². The van der Waals surface area contributed by atoms with Crippen molar-refractivity contribution < 1.29 is 0 Å². The van der Waals surface area contributed by atoms with Crippen molar-refractivity contribution in [3.8, 4) is 145 Å². The van der Waals surface area contributed by atoms with Crippen molar-refractivity contribution in [2.45, 2.75) is 41.5 Å². The lowest BCUT2D eigenvalue weighted by Gasteiger charge is -2.13. The highest BCUT2D eigenvalue weighted by Crippen LogP contribution is 2.38. The van der Waals surface area contributed by atoms with E-state index in [0.29, 0.717) is 0 Å². The van der Waals surface area contributed by atoms with Crippen LogP contribution in [0.1, 0.15) is 33.4 Å². The lowest BCUT2D eigenvalue weighted by atomic mass is 9.91. The zero-order valence-electron chi connectivity index (χ0n) is 69.3. The van der Waals surface area contributed by atoms with E-state index < -0.39 is 0 Å². The van der Waals surface area contributed by atoms with Gasteiger partial charge in [-0.25, -0.2) is 0 Å². The Bertz CT molecular complexity index is 6190. The van der Waals surface area contributed by atoms with Crippen molar-refractivity contribution in [1.82, 2.24) is 0 Å². The van der Waals surface area contributed by atoms with Gasteiger partial charge >= 0.3 is 0 Å². The summed E-state index contributed by atoms with van der Waals surface area (Å²) in [5.41, 5.74) is 41.0. The average molecular weight is 1540 g/mol. The SMILES string of the molecule is Cc1c(-c2ccccc2)cccc1-c1ccccc1.Cc1cc(-c2ccccc2)cc(-c2ccccc2)c1.Cc1ccc(-c2cccc(-c3ccccc3)c2)cc1.Cc1ccc(-c2ccccc2)cc1-c1ccccc1.Cc1ccccc1-c1cccc(-c2ccccc2)c1.Cc1ccccc1-c1ccccc1-c1ccc(-c2ccccc2)cc1. The van der Waals surface area contributed by atoms with Crippen LogP contribution in [0.5, 0.6) is 0 Å². The molecule has 0 aliphatic heterocycles. The van der Waals surface area contributed by atoms with Crippen LogP contribution in [0.3, 0.4) is 0 Å². The van der Waals surface area contributed by atoms with Gasteiger partial charge in [0, 0.05) is 0 Å². The second-order valence-corrected chi connectivity index (χ2v) is 30.2. The van der Waals surface area contributed by atoms with E-state index >= 15 is 0 Å². The molecule has 0 amide bonds. The zero-order valence-corrected chi connectivity index (χ0v) is 69.3. The minimum absolute atomic E-state index is 1.25. The molecule has 0 fully saturated rings. The minimum atomic E-state index is 1.25. The molecule has 0 spiro atoms. The zero-order chi connectivity index (χ0) is 82.5. The normalized spacial score (nSPS) is 10.4. The quantitative estimate of drug-likeness (QED) is 0.108. The summed E-state index contributed by atoms with van der Waals surface area (Å²) < 4.78 is 0. The highest BCUT2D eigenvalue weighted by atomic mass is 14.2. The maximum absolute atomic E-state index is 2.28. The topological polar surface area (TPSA) is 0 Å². The molecule has 0 bridgehead atoms. The first-order valence-corrected chi connectivity index (χ1v) is 41.4. The van der Waals surface area contributed by atoms with Gasteiger partial charge in [-0.2, -0.15) is 0 Å². The summed E-state index contributed by atoms with van der Waals surface area (Å²) >= 11 is 0. The van der Waals surface area contributed by atoms with Crippen molar-refractivity contribution in [2.75, 3.05) is 0 Å². The first-order chi connectivity index (χ1) is 59.0. The fourth-order valence-corrected chi connectivity index (χ4v) is 15.2. The molecule has 0 N–H and O–H groups in total. The highest BCUT2D eigenvalue weighted by Gasteiger charge is 2.13. The summed E-state index contributed by atoms with van der Waals surface area (Å²) in [4.78, 5) is 0. The number of hydrogen-bond acceptors (Lipinski definition) is 0. The molecule has 0 aromatic heterocycles. The Morgan fingerprint density at radius 3 is 0.733 bits per heavy atom. The Balaban J connectivity index is 0.000000118. The summed E-state index contributed by atoms with van der Waals surface area (Å²) in [6.45, 7) is 13.0. The number of hydrogen-bond donors (Lipinski definition) is 0. The molecule has 0 radical (unpaired) electrons. The molecule has 19 aromatic carbocycles. The number of aryl methyl sites for hydroxylation is 5. The molecule has 0 heteroatoms. The van der Waals surface area contributed by atoms with E-state index in [1.54, 1.807) is 0 Å². The van der Waals surface area contributed by atoms with Gasteiger partial charge in [-0.15, -0.1) is 0 Å². The second kappa shape index (κ2) is 41.7. The highest BCUT2D eigenvalue weighted by molar-refractivity contribution is 5.87. The van der Waals surface area contributed by atoms with Crippen molar-refractivity contribution in [1.29, 1.82) is 0 Å². The van der Waals surface area contributed by atoms with E-state index in [4.69, 9.17) is 0 Å². The van der Waals surface area contributed by atoms with Gasteiger partial charge in [0.2, 0.25) is 0 Å². The first-order valence-electron chi connectivity index (χ1n) is 41.4. The van der Waals surface area contributed by atoms with Gasteiger partial charge in [0.1, 0.15) is 0 Å². The average Bonchev–Trinajstić information content (AvgIpc) is 0.790. The molecule has 0 saturated carbocycles. The fraction of sp³-hybridized carbons (Fsp3) is 0.0500. The van der Waals surface area contributed by atoms with Crippen LogP contribution in [-0.4, -0.2) is 0 Å². The van der Waals surface area contributed by atoms with Crippen molar-refractivity contribution in [3.05, 3.63) is 531 Å². The van der Waals surface area contributed by atoms with E-state index in [1.165, 1.54) is 178 Å². The monoisotopic (exact) mass is 1540 g/mol. The first kappa shape index (κ1) is 81.7. The van der Waals surface area contributed by atoms with E-state index in [1.807, 2.05) is 6.07 Å². The molecule has 0 nitrogen and oxygen atoms in total. The molecule has 0 heterocycles. The Labute approximate surface area is 712 Å². The third kappa shape index (κ3) is 22.0. The van der Waals surface area contributed by atoms with Gasteiger partial charge in [0.05, 0.1) is 0 Å². The van der Waals surface area contributed by atoms with Crippen LogP contribution < -0.4 is 0 Å². The Morgan fingerprint density at radius 1 is 0.100 bits per heavy atom. The Hall–Kier alpha value is -14.8. The Kier molecular flexibility index (Phi) is 28.4. The lowest BCUT2D eigenvalue weighted by Crippen LogP contribution is -1.88. The predicted molar refractivity (Wildman–Crippen MR) is 518 cm³/mol. The molecule has 19 aromatic rings. The smallest absolute Gasteiger partial charge is 0.0103 e. The van der Waals surface area contributed by atoms with Gasteiger partial charge in [-0.3, -0.25) is 0 Å².